The second-order valence-corrected chi connectivity index (χ2v) is 4.59. The number of imide groups is 1. The van der Waals surface area contributed by atoms with Gasteiger partial charge < -0.3 is 4.74 Å². The molecule has 0 spiro atoms. The Morgan fingerprint density at radius 1 is 1.60 bits per heavy atom. The van der Waals surface area contributed by atoms with E-state index >= 15 is 0 Å². The highest BCUT2D eigenvalue weighted by Gasteiger charge is 2.36. The molecular weight excluding hydrogens is 194 g/mol. The first-order valence-corrected chi connectivity index (χ1v) is 5.03. The summed E-state index contributed by atoms with van der Waals surface area (Å²) in [6.07, 6.45) is 2.06. The standard InChI is InChI=1S/C11H17NO3/c1-5-8-6-7-9(13)12(8)10(14)15-11(2,3)4/h5,8H,1,6-7H2,2-4H3. The molecule has 2 amide bonds. The molecule has 1 heterocycles. The molecule has 0 aliphatic carbocycles. The van der Waals surface area contributed by atoms with Gasteiger partial charge in [0.05, 0.1) is 6.04 Å². The molecule has 4 nitrogen and oxygen atoms in total. The summed E-state index contributed by atoms with van der Waals surface area (Å²) < 4.78 is 5.14. The fraction of sp³-hybridized carbons (Fsp3) is 0.636. The van der Waals surface area contributed by atoms with Crippen LogP contribution in [0.3, 0.4) is 0 Å². The van der Waals surface area contributed by atoms with Crippen molar-refractivity contribution < 1.29 is 14.3 Å². The average Bonchev–Trinajstić information content (AvgIpc) is 2.43. The van der Waals surface area contributed by atoms with Crippen LogP contribution >= 0.6 is 0 Å². The van der Waals surface area contributed by atoms with Crippen LogP contribution in [0.25, 0.3) is 0 Å². The van der Waals surface area contributed by atoms with E-state index in [2.05, 4.69) is 6.58 Å². The topological polar surface area (TPSA) is 46.6 Å². The molecular formula is C11H17NO3. The SMILES string of the molecule is C=CC1CCC(=O)N1C(=O)OC(C)(C)C. The summed E-state index contributed by atoms with van der Waals surface area (Å²) in [6.45, 7) is 8.92. The van der Waals surface area contributed by atoms with E-state index in [-0.39, 0.29) is 11.9 Å². The van der Waals surface area contributed by atoms with E-state index in [1.165, 1.54) is 0 Å². The summed E-state index contributed by atoms with van der Waals surface area (Å²) in [5, 5.41) is 0. The van der Waals surface area contributed by atoms with Crippen LogP contribution in [0.4, 0.5) is 4.79 Å². The van der Waals surface area contributed by atoms with E-state index in [4.69, 9.17) is 4.74 Å². The Morgan fingerprint density at radius 2 is 2.20 bits per heavy atom. The predicted octanol–water partition coefficient (Wildman–Crippen LogP) is 2.10. The molecule has 1 rings (SSSR count). The molecule has 0 aromatic rings. The third-order valence-electron chi connectivity index (χ3n) is 2.12. The van der Waals surface area contributed by atoms with Crippen LogP contribution in [-0.4, -0.2) is 28.5 Å². The number of nitrogens with zero attached hydrogens (tertiary/aromatic N) is 1. The Hall–Kier alpha value is -1.32. The maximum absolute atomic E-state index is 11.7. The Balaban J connectivity index is 2.73. The molecule has 0 aromatic carbocycles. The van der Waals surface area contributed by atoms with Crippen molar-refractivity contribution in [2.45, 2.75) is 45.3 Å². The van der Waals surface area contributed by atoms with Crippen LogP contribution in [0.1, 0.15) is 33.6 Å². The summed E-state index contributed by atoms with van der Waals surface area (Å²) in [6, 6.07) is -0.215. The molecule has 84 valence electrons. The van der Waals surface area contributed by atoms with Gasteiger partial charge in [0, 0.05) is 6.42 Å². The van der Waals surface area contributed by atoms with Gasteiger partial charge in [0.1, 0.15) is 5.60 Å². The van der Waals surface area contributed by atoms with Gasteiger partial charge in [-0.15, -0.1) is 6.58 Å². The smallest absolute Gasteiger partial charge is 0.417 e. The second kappa shape index (κ2) is 4.04. The van der Waals surface area contributed by atoms with Gasteiger partial charge in [-0.1, -0.05) is 6.08 Å². The minimum Gasteiger partial charge on any atom is -0.443 e. The summed E-state index contributed by atoms with van der Waals surface area (Å²) >= 11 is 0. The third kappa shape index (κ3) is 2.81. The van der Waals surface area contributed by atoms with Gasteiger partial charge in [0.15, 0.2) is 0 Å². The number of rotatable bonds is 1. The summed E-state index contributed by atoms with van der Waals surface area (Å²) in [5.41, 5.74) is -0.578. The van der Waals surface area contributed by atoms with E-state index in [9.17, 15) is 9.59 Å². The lowest BCUT2D eigenvalue weighted by Gasteiger charge is -2.25. The first-order valence-electron chi connectivity index (χ1n) is 5.03. The number of carbonyl (C=O) groups is 2. The van der Waals surface area contributed by atoms with Gasteiger partial charge in [-0.2, -0.15) is 0 Å². The van der Waals surface area contributed by atoms with Crippen molar-refractivity contribution in [3.8, 4) is 0 Å². The Bertz CT molecular complexity index is 291. The van der Waals surface area contributed by atoms with Gasteiger partial charge in [0.2, 0.25) is 5.91 Å². The highest BCUT2D eigenvalue weighted by atomic mass is 16.6. The second-order valence-electron chi connectivity index (χ2n) is 4.59. The first-order chi connectivity index (χ1) is 6.85. The summed E-state index contributed by atoms with van der Waals surface area (Å²) in [7, 11) is 0. The number of amides is 2. The Kier molecular flexibility index (Phi) is 3.17. The molecule has 0 N–H and O–H groups in total. The van der Waals surface area contributed by atoms with Gasteiger partial charge in [0.25, 0.3) is 0 Å². The van der Waals surface area contributed by atoms with Gasteiger partial charge in [-0.05, 0) is 27.2 Å². The summed E-state index contributed by atoms with van der Waals surface area (Å²) in [5.74, 6) is -0.186. The van der Waals surface area contributed by atoms with Gasteiger partial charge >= 0.3 is 6.09 Å². The number of hydrogen-bond donors (Lipinski definition) is 0. The molecule has 1 fully saturated rings. The number of likely N-dealkylation sites (tertiary alicyclic amines) is 1. The maximum atomic E-state index is 11.7. The van der Waals surface area contributed by atoms with Crippen molar-refractivity contribution in [3.63, 3.8) is 0 Å². The molecule has 0 bridgehead atoms. The zero-order valence-corrected chi connectivity index (χ0v) is 9.45. The Morgan fingerprint density at radius 3 is 2.67 bits per heavy atom. The molecule has 0 radical (unpaired) electrons. The van der Waals surface area contributed by atoms with E-state index in [1.807, 2.05) is 0 Å². The molecule has 1 aliphatic heterocycles. The van der Waals surface area contributed by atoms with E-state index in [0.29, 0.717) is 12.8 Å². The molecule has 1 saturated heterocycles. The zero-order chi connectivity index (χ0) is 11.6. The zero-order valence-electron chi connectivity index (χ0n) is 9.45. The average molecular weight is 211 g/mol. The number of hydrogen-bond acceptors (Lipinski definition) is 3. The largest absolute Gasteiger partial charge is 0.443 e. The first kappa shape index (κ1) is 11.8. The van der Waals surface area contributed by atoms with Gasteiger partial charge in [-0.25, -0.2) is 9.69 Å². The molecule has 0 saturated carbocycles. The molecule has 0 aromatic heterocycles. The minimum atomic E-state index is -0.578. The van der Waals surface area contributed by atoms with Crippen molar-refractivity contribution in [1.82, 2.24) is 4.90 Å². The van der Waals surface area contributed by atoms with Crippen LogP contribution in [0, 0.1) is 0 Å². The maximum Gasteiger partial charge on any atom is 0.417 e. The predicted molar refractivity (Wildman–Crippen MR) is 56.3 cm³/mol. The number of carbonyl (C=O) groups excluding carboxylic acids is 2. The van der Waals surface area contributed by atoms with Crippen LogP contribution < -0.4 is 0 Å². The molecule has 1 unspecified atom stereocenters. The van der Waals surface area contributed by atoms with Crippen molar-refractivity contribution in [3.05, 3.63) is 12.7 Å². The third-order valence-corrected chi connectivity index (χ3v) is 2.12. The normalized spacial score (nSPS) is 21.7. The molecule has 4 heteroatoms. The quantitative estimate of drug-likeness (QED) is 0.624. The number of ether oxygens (including phenoxy) is 1. The van der Waals surface area contributed by atoms with Crippen LogP contribution in [0.5, 0.6) is 0 Å². The molecule has 15 heavy (non-hydrogen) atoms. The van der Waals surface area contributed by atoms with Crippen molar-refractivity contribution in [2.75, 3.05) is 0 Å². The Labute approximate surface area is 89.9 Å². The van der Waals surface area contributed by atoms with E-state index in [1.54, 1.807) is 26.8 Å². The van der Waals surface area contributed by atoms with Crippen molar-refractivity contribution in [2.24, 2.45) is 0 Å². The monoisotopic (exact) mass is 211 g/mol. The van der Waals surface area contributed by atoms with E-state index < -0.39 is 11.7 Å². The highest BCUT2D eigenvalue weighted by molar-refractivity contribution is 5.94. The lowest BCUT2D eigenvalue weighted by Crippen LogP contribution is -2.41. The van der Waals surface area contributed by atoms with Crippen LogP contribution in [-0.2, 0) is 9.53 Å². The summed E-state index contributed by atoms with van der Waals surface area (Å²) in [4.78, 5) is 24.3. The van der Waals surface area contributed by atoms with Crippen molar-refractivity contribution in [1.29, 1.82) is 0 Å². The molecule has 1 atom stereocenters. The lowest BCUT2D eigenvalue weighted by molar-refractivity contribution is -0.127. The lowest BCUT2D eigenvalue weighted by atomic mass is 10.2. The minimum absolute atomic E-state index is 0.186. The van der Waals surface area contributed by atoms with Crippen LogP contribution in [0.15, 0.2) is 12.7 Å². The van der Waals surface area contributed by atoms with E-state index in [0.717, 1.165) is 4.90 Å². The fourth-order valence-corrected chi connectivity index (χ4v) is 1.48. The van der Waals surface area contributed by atoms with Gasteiger partial charge in [-0.3, -0.25) is 4.79 Å². The fourth-order valence-electron chi connectivity index (χ4n) is 1.48. The van der Waals surface area contributed by atoms with Crippen molar-refractivity contribution >= 4 is 12.0 Å². The highest BCUT2D eigenvalue weighted by Crippen LogP contribution is 2.22. The molecule has 1 aliphatic rings. The van der Waals surface area contributed by atoms with Crippen LogP contribution in [0.2, 0.25) is 0 Å².